The lowest BCUT2D eigenvalue weighted by Gasteiger charge is -2.26. The van der Waals surface area contributed by atoms with Gasteiger partial charge in [0, 0.05) is 17.6 Å². The predicted octanol–water partition coefficient (Wildman–Crippen LogP) is 3.49. The molecule has 3 heteroatoms. The smallest absolute Gasteiger partial charge is 0.0950 e. The van der Waals surface area contributed by atoms with Gasteiger partial charge in [0.25, 0.3) is 0 Å². The average molecular weight is 264 g/mol. The van der Waals surface area contributed by atoms with E-state index >= 15 is 0 Å². The Hall–Kier alpha value is -0.800. The number of hydrogen-bond donors (Lipinski definition) is 2. The molecule has 19 heavy (non-hydrogen) atoms. The lowest BCUT2D eigenvalue weighted by molar-refractivity contribution is 0.333. The van der Waals surface area contributed by atoms with Gasteiger partial charge in [-0.05, 0) is 50.8 Å². The van der Waals surface area contributed by atoms with Crippen molar-refractivity contribution < 1.29 is 4.42 Å². The summed E-state index contributed by atoms with van der Waals surface area (Å²) < 4.78 is 5.26. The lowest BCUT2D eigenvalue weighted by atomic mass is 9.92. The fourth-order valence-corrected chi connectivity index (χ4v) is 3.28. The molecule has 2 rings (SSSR count). The van der Waals surface area contributed by atoms with Gasteiger partial charge in [-0.1, -0.05) is 20.3 Å². The molecule has 1 aliphatic rings. The van der Waals surface area contributed by atoms with Crippen molar-refractivity contribution in [1.29, 1.82) is 0 Å². The molecule has 3 atom stereocenters. The molecule has 0 radical (unpaired) electrons. The molecule has 0 aliphatic heterocycles. The van der Waals surface area contributed by atoms with Crippen LogP contribution in [0.15, 0.2) is 23.0 Å². The summed E-state index contributed by atoms with van der Waals surface area (Å²) in [5, 5.41) is 7.32. The summed E-state index contributed by atoms with van der Waals surface area (Å²) in [5.41, 5.74) is 1.30. The largest absolute Gasteiger partial charge is 0.472 e. The highest BCUT2D eigenvalue weighted by atomic mass is 16.3. The topological polar surface area (TPSA) is 37.2 Å². The first-order valence-corrected chi connectivity index (χ1v) is 7.84. The first-order chi connectivity index (χ1) is 9.35. The second-order valence-electron chi connectivity index (χ2n) is 5.65. The zero-order chi connectivity index (χ0) is 13.5. The molecular weight excluding hydrogens is 236 g/mol. The Morgan fingerprint density at radius 1 is 1.37 bits per heavy atom. The Bertz CT molecular complexity index is 337. The lowest BCUT2D eigenvalue weighted by Crippen LogP contribution is -2.34. The molecule has 0 amide bonds. The summed E-state index contributed by atoms with van der Waals surface area (Å²) in [5.74, 6) is 0.796. The van der Waals surface area contributed by atoms with Crippen LogP contribution in [0.25, 0.3) is 0 Å². The van der Waals surface area contributed by atoms with Gasteiger partial charge in [-0.25, -0.2) is 0 Å². The van der Waals surface area contributed by atoms with E-state index in [1.807, 2.05) is 6.26 Å². The van der Waals surface area contributed by atoms with E-state index < -0.39 is 0 Å². The second kappa shape index (κ2) is 7.71. The Labute approximate surface area is 117 Å². The molecular formula is C16H28N2O. The van der Waals surface area contributed by atoms with Gasteiger partial charge in [0.1, 0.15) is 0 Å². The molecule has 1 fully saturated rings. The van der Waals surface area contributed by atoms with Crippen LogP contribution in [0, 0.1) is 5.92 Å². The number of hydrogen-bond acceptors (Lipinski definition) is 3. The van der Waals surface area contributed by atoms with Crippen molar-refractivity contribution in [3.05, 3.63) is 24.2 Å². The molecule has 1 heterocycles. The third-order valence-corrected chi connectivity index (χ3v) is 4.25. The molecule has 2 N–H and O–H groups in total. The first-order valence-electron chi connectivity index (χ1n) is 7.84. The van der Waals surface area contributed by atoms with Gasteiger partial charge in [-0.3, -0.25) is 0 Å². The van der Waals surface area contributed by atoms with Crippen LogP contribution in [0.4, 0.5) is 0 Å². The predicted molar refractivity (Wildman–Crippen MR) is 79.2 cm³/mol. The Balaban J connectivity index is 1.95. The van der Waals surface area contributed by atoms with Crippen molar-refractivity contribution in [2.45, 2.75) is 58.0 Å². The maximum Gasteiger partial charge on any atom is 0.0950 e. The molecule has 1 aliphatic carbocycles. The maximum absolute atomic E-state index is 5.26. The minimum atomic E-state index is 0.447. The van der Waals surface area contributed by atoms with Crippen molar-refractivity contribution in [3.63, 3.8) is 0 Å². The summed E-state index contributed by atoms with van der Waals surface area (Å²) in [6.07, 6.45) is 10.1. The zero-order valence-corrected chi connectivity index (χ0v) is 12.3. The monoisotopic (exact) mass is 264 g/mol. The van der Waals surface area contributed by atoms with E-state index in [0.717, 1.165) is 19.0 Å². The molecule has 1 aromatic rings. The van der Waals surface area contributed by atoms with Crippen LogP contribution in [0.1, 0.15) is 57.6 Å². The van der Waals surface area contributed by atoms with Crippen molar-refractivity contribution >= 4 is 0 Å². The average Bonchev–Trinajstić information content (AvgIpc) is 3.06. The highest BCUT2D eigenvalue weighted by Crippen LogP contribution is 2.33. The van der Waals surface area contributed by atoms with Gasteiger partial charge < -0.3 is 15.1 Å². The standard InChI is InChI=1S/C16H28N2O/c1-3-9-18-16(14-8-10-19-12-14)11-13-6-5-7-15(13)17-4-2/h8,10,12-13,15-18H,3-7,9,11H2,1-2H3. The zero-order valence-electron chi connectivity index (χ0n) is 12.3. The van der Waals surface area contributed by atoms with Crippen molar-refractivity contribution in [2.75, 3.05) is 13.1 Å². The highest BCUT2D eigenvalue weighted by molar-refractivity contribution is 5.12. The molecule has 3 unspecified atom stereocenters. The van der Waals surface area contributed by atoms with Crippen molar-refractivity contribution in [3.8, 4) is 0 Å². The Kier molecular flexibility index (Phi) is 5.93. The third-order valence-electron chi connectivity index (χ3n) is 4.25. The quantitative estimate of drug-likeness (QED) is 0.754. The summed E-state index contributed by atoms with van der Waals surface area (Å²) >= 11 is 0. The fraction of sp³-hybridized carbons (Fsp3) is 0.750. The molecule has 3 nitrogen and oxygen atoms in total. The van der Waals surface area contributed by atoms with Crippen LogP contribution in [0.3, 0.4) is 0 Å². The van der Waals surface area contributed by atoms with Gasteiger partial charge in [0.2, 0.25) is 0 Å². The third kappa shape index (κ3) is 4.08. The van der Waals surface area contributed by atoms with E-state index in [4.69, 9.17) is 4.42 Å². The molecule has 1 saturated carbocycles. The fourth-order valence-electron chi connectivity index (χ4n) is 3.28. The minimum Gasteiger partial charge on any atom is -0.472 e. The van der Waals surface area contributed by atoms with E-state index in [1.165, 1.54) is 37.7 Å². The van der Waals surface area contributed by atoms with Crippen molar-refractivity contribution in [2.24, 2.45) is 5.92 Å². The van der Waals surface area contributed by atoms with Gasteiger partial charge in [-0.2, -0.15) is 0 Å². The summed E-state index contributed by atoms with van der Waals surface area (Å²) in [7, 11) is 0. The number of rotatable bonds is 8. The second-order valence-corrected chi connectivity index (χ2v) is 5.65. The van der Waals surface area contributed by atoms with Crippen LogP contribution in [-0.4, -0.2) is 19.1 Å². The molecule has 0 saturated heterocycles. The van der Waals surface area contributed by atoms with Gasteiger partial charge in [0.15, 0.2) is 0 Å². The van der Waals surface area contributed by atoms with Crippen LogP contribution in [-0.2, 0) is 0 Å². The SMILES string of the molecule is CCCNC(CC1CCCC1NCC)c1ccoc1. The van der Waals surface area contributed by atoms with Gasteiger partial charge in [-0.15, -0.1) is 0 Å². The van der Waals surface area contributed by atoms with Gasteiger partial charge >= 0.3 is 0 Å². The van der Waals surface area contributed by atoms with E-state index in [2.05, 4.69) is 30.5 Å². The first kappa shape index (κ1) is 14.6. The normalized spacial score (nSPS) is 24.7. The number of nitrogens with one attached hydrogen (secondary N) is 2. The summed E-state index contributed by atoms with van der Waals surface area (Å²) in [4.78, 5) is 0. The molecule has 1 aromatic heterocycles. The van der Waals surface area contributed by atoms with E-state index in [0.29, 0.717) is 12.1 Å². The molecule has 0 spiro atoms. The van der Waals surface area contributed by atoms with Gasteiger partial charge in [0.05, 0.1) is 12.5 Å². The molecule has 0 aromatic carbocycles. The summed E-state index contributed by atoms with van der Waals surface area (Å²) in [6, 6.07) is 3.26. The van der Waals surface area contributed by atoms with Crippen LogP contribution in [0.5, 0.6) is 0 Å². The Morgan fingerprint density at radius 2 is 2.26 bits per heavy atom. The Morgan fingerprint density at radius 3 is 2.95 bits per heavy atom. The van der Waals surface area contributed by atoms with E-state index in [-0.39, 0.29) is 0 Å². The molecule has 0 bridgehead atoms. The van der Waals surface area contributed by atoms with E-state index in [1.54, 1.807) is 6.26 Å². The highest BCUT2D eigenvalue weighted by Gasteiger charge is 2.29. The van der Waals surface area contributed by atoms with E-state index in [9.17, 15) is 0 Å². The van der Waals surface area contributed by atoms with Crippen LogP contribution < -0.4 is 10.6 Å². The summed E-state index contributed by atoms with van der Waals surface area (Å²) in [6.45, 7) is 6.59. The van der Waals surface area contributed by atoms with Crippen LogP contribution >= 0.6 is 0 Å². The molecule has 108 valence electrons. The number of furan rings is 1. The maximum atomic E-state index is 5.26. The minimum absolute atomic E-state index is 0.447. The van der Waals surface area contributed by atoms with Crippen LogP contribution in [0.2, 0.25) is 0 Å². The van der Waals surface area contributed by atoms with Crippen molar-refractivity contribution in [1.82, 2.24) is 10.6 Å².